The fourth-order valence-electron chi connectivity index (χ4n) is 2.48. The maximum Gasteiger partial charge on any atom is 0.184 e. The average molecular weight is 304 g/mol. The average Bonchev–Trinajstić information content (AvgIpc) is 2.81. The lowest BCUT2D eigenvalue weighted by atomic mass is 10.1. The van der Waals surface area contributed by atoms with Crippen molar-refractivity contribution in [2.24, 2.45) is 0 Å². The third kappa shape index (κ3) is 2.38. The normalized spacial score (nSPS) is 11.2. The molecule has 21 heavy (non-hydrogen) atoms. The van der Waals surface area contributed by atoms with E-state index in [1.54, 1.807) is 0 Å². The summed E-state index contributed by atoms with van der Waals surface area (Å²) in [5, 5.41) is 0. The van der Waals surface area contributed by atoms with Crippen LogP contribution in [0.1, 0.15) is 18.9 Å². The van der Waals surface area contributed by atoms with Gasteiger partial charge in [0.2, 0.25) is 0 Å². The predicted molar refractivity (Wildman–Crippen MR) is 82.4 cm³/mol. The van der Waals surface area contributed by atoms with Gasteiger partial charge < -0.3 is 4.98 Å². The zero-order valence-electron chi connectivity index (χ0n) is 11.5. The van der Waals surface area contributed by atoms with Gasteiger partial charge >= 0.3 is 0 Å². The summed E-state index contributed by atoms with van der Waals surface area (Å²) in [6.45, 7) is 2.11. The molecule has 0 bridgehead atoms. The van der Waals surface area contributed by atoms with Gasteiger partial charge in [0.25, 0.3) is 0 Å². The molecule has 108 valence electrons. The quantitative estimate of drug-likeness (QED) is 0.681. The molecule has 0 saturated carbocycles. The van der Waals surface area contributed by atoms with Crippen molar-refractivity contribution in [1.82, 2.24) is 9.55 Å². The summed E-state index contributed by atoms with van der Waals surface area (Å²) in [5.41, 5.74) is 2.55. The molecule has 5 heteroatoms. The van der Waals surface area contributed by atoms with Crippen molar-refractivity contribution >= 4 is 23.3 Å². The van der Waals surface area contributed by atoms with Crippen LogP contribution in [0.3, 0.4) is 0 Å². The van der Waals surface area contributed by atoms with Gasteiger partial charge in [0.15, 0.2) is 16.4 Å². The number of imidazole rings is 1. The van der Waals surface area contributed by atoms with Gasteiger partial charge in [-0.05, 0) is 48.5 Å². The van der Waals surface area contributed by atoms with Gasteiger partial charge in [-0.25, -0.2) is 8.78 Å². The highest BCUT2D eigenvalue weighted by atomic mass is 32.1. The van der Waals surface area contributed by atoms with Crippen LogP contribution in [0.25, 0.3) is 16.7 Å². The zero-order valence-corrected chi connectivity index (χ0v) is 12.3. The molecule has 1 aromatic heterocycles. The van der Waals surface area contributed by atoms with E-state index >= 15 is 0 Å². The molecule has 1 N–H and O–H groups in total. The Morgan fingerprint density at radius 1 is 1.10 bits per heavy atom. The van der Waals surface area contributed by atoms with Gasteiger partial charge in [-0.2, -0.15) is 0 Å². The summed E-state index contributed by atoms with van der Waals surface area (Å²) < 4.78 is 29.4. The Bertz CT molecular complexity index is 847. The van der Waals surface area contributed by atoms with Crippen LogP contribution in [0.2, 0.25) is 0 Å². The number of hydrogen-bond donors (Lipinski definition) is 1. The van der Waals surface area contributed by atoms with E-state index < -0.39 is 11.6 Å². The Kier molecular flexibility index (Phi) is 3.59. The number of halogens is 2. The van der Waals surface area contributed by atoms with E-state index in [1.807, 2.05) is 24.3 Å². The first-order valence-electron chi connectivity index (χ1n) is 6.80. The summed E-state index contributed by atoms with van der Waals surface area (Å²) >= 11 is 5.24. The Labute approximate surface area is 126 Å². The molecule has 0 aliphatic heterocycles. The molecule has 0 atom stereocenters. The SMILES string of the molecule is CCCc1ccc(-n2c(=S)[nH]c3ccc(F)c(F)c32)cc1. The van der Waals surface area contributed by atoms with Gasteiger partial charge in [-0.3, -0.25) is 4.57 Å². The zero-order chi connectivity index (χ0) is 15.0. The Morgan fingerprint density at radius 3 is 2.48 bits per heavy atom. The van der Waals surface area contributed by atoms with Crippen LogP contribution in [0, 0.1) is 16.4 Å². The van der Waals surface area contributed by atoms with E-state index in [0.717, 1.165) is 24.6 Å². The number of H-pyrrole nitrogens is 1. The van der Waals surface area contributed by atoms with E-state index in [4.69, 9.17) is 12.2 Å². The molecule has 0 saturated heterocycles. The van der Waals surface area contributed by atoms with Crippen molar-refractivity contribution in [3.63, 3.8) is 0 Å². The Morgan fingerprint density at radius 2 is 1.81 bits per heavy atom. The van der Waals surface area contributed by atoms with Crippen LogP contribution in [-0.4, -0.2) is 9.55 Å². The van der Waals surface area contributed by atoms with Gasteiger partial charge in [-0.15, -0.1) is 0 Å². The third-order valence-corrected chi connectivity index (χ3v) is 3.76. The minimum Gasteiger partial charge on any atom is -0.330 e. The molecule has 3 aromatic rings. The van der Waals surface area contributed by atoms with Crippen LogP contribution in [-0.2, 0) is 6.42 Å². The molecule has 0 spiro atoms. The fourth-order valence-corrected chi connectivity index (χ4v) is 2.79. The highest BCUT2D eigenvalue weighted by Crippen LogP contribution is 2.24. The molecule has 3 rings (SSSR count). The number of aryl methyl sites for hydroxylation is 1. The minimum absolute atomic E-state index is 0.142. The molecule has 2 nitrogen and oxygen atoms in total. The molecule has 0 unspecified atom stereocenters. The minimum atomic E-state index is -0.891. The molecular formula is C16H14F2N2S. The van der Waals surface area contributed by atoms with E-state index in [1.165, 1.54) is 16.2 Å². The van der Waals surface area contributed by atoms with E-state index in [0.29, 0.717) is 10.3 Å². The van der Waals surface area contributed by atoms with Gasteiger partial charge in [-0.1, -0.05) is 25.5 Å². The molecular weight excluding hydrogens is 290 g/mol. The number of hydrogen-bond acceptors (Lipinski definition) is 1. The highest BCUT2D eigenvalue weighted by Gasteiger charge is 2.14. The van der Waals surface area contributed by atoms with Crippen LogP contribution < -0.4 is 0 Å². The molecule has 0 radical (unpaired) electrons. The van der Waals surface area contributed by atoms with E-state index in [9.17, 15) is 8.78 Å². The number of aromatic nitrogens is 2. The topological polar surface area (TPSA) is 20.7 Å². The first kappa shape index (κ1) is 13.9. The van der Waals surface area contributed by atoms with E-state index in [-0.39, 0.29) is 5.52 Å². The number of fused-ring (bicyclic) bond motifs is 1. The van der Waals surface area contributed by atoms with Crippen LogP contribution in [0.5, 0.6) is 0 Å². The van der Waals surface area contributed by atoms with Gasteiger partial charge in [0, 0.05) is 5.69 Å². The lowest BCUT2D eigenvalue weighted by molar-refractivity contribution is 0.514. The van der Waals surface area contributed by atoms with Gasteiger partial charge in [0.1, 0.15) is 5.52 Å². The molecule has 2 aromatic carbocycles. The third-order valence-electron chi connectivity index (χ3n) is 3.47. The molecule has 0 aliphatic carbocycles. The smallest absolute Gasteiger partial charge is 0.184 e. The van der Waals surface area contributed by atoms with Crippen LogP contribution in [0.4, 0.5) is 8.78 Å². The number of nitrogens with one attached hydrogen (secondary N) is 1. The number of rotatable bonds is 3. The maximum atomic E-state index is 14.1. The second kappa shape index (κ2) is 5.41. The van der Waals surface area contributed by atoms with Crippen molar-refractivity contribution < 1.29 is 8.78 Å². The Hall–Kier alpha value is -2.01. The highest BCUT2D eigenvalue weighted by molar-refractivity contribution is 7.71. The predicted octanol–water partition coefficient (Wildman–Crippen LogP) is 4.92. The van der Waals surface area contributed by atoms with Crippen molar-refractivity contribution in [3.8, 4) is 5.69 Å². The van der Waals surface area contributed by atoms with Crippen LogP contribution >= 0.6 is 12.2 Å². The molecule has 0 amide bonds. The second-order valence-electron chi connectivity index (χ2n) is 4.94. The molecule has 0 fully saturated rings. The summed E-state index contributed by atoms with van der Waals surface area (Å²) in [6, 6.07) is 10.3. The number of nitrogens with zero attached hydrogens (tertiary/aromatic N) is 1. The monoisotopic (exact) mass is 304 g/mol. The Balaban J connectivity index is 2.22. The number of aromatic amines is 1. The summed E-state index contributed by atoms with van der Waals surface area (Å²) in [6.07, 6.45) is 2.05. The van der Waals surface area contributed by atoms with Crippen molar-refractivity contribution in [2.75, 3.05) is 0 Å². The standard InChI is InChI=1S/C16H14F2N2S/c1-2-3-10-4-6-11(7-5-10)20-15-13(19-16(20)21)9-8-12(17)14(15)18/h4-9H,2-3H2,1H3,(H,19,21). The molecule has 0 aliphatic rings. The van der Waals surface area contributed by atoms with Crippen molar-refractivity contribution in [2.45, 2.75) is 19.8 Å². The lowest BCUT2D eigenvalue weighted by Crippen LogP contribution is -1.97. The van der Waals surface area contributed by atoms with Gasteiger partial charge in [0.05, 0.1) is 5.52 Å². The largest absolute Gasteiger partial charge is 0.330 e. The van der Waals surface area contributed by atoms with Crippen LogP contribution in [0.15, 0.2) is 36.4 Å². The van der Waals surface area contributed by atoms with Crippen molar-refractivity contribution in [1.29, 1.82) is 0 Å². The second-order valence-corrected chi connectivity index (χ2v) is 5.33. The first-order valence-corrected chi connectivity index (χ1v) is 7.20. The van der Waals surface area contributed by atoms with Crippen molar-refractivity contribution in [3.05, 3.63) is 58.4 Å². The lowest BCUT2D eigenvalue weighted by Gasteiger charge is -2.07. The van der Waals surface area contributed by atoms with E-state index in [2.05, 4.69) is 11.9 Å². The molecule has 1 heterocycles. The fraction of sp³-hybridized carbons (Fsp3) is 0.188. The first-order chi connectivity index (χ1) is 10.1. The maximum absolute atomic E-state index is 14.1. The summed E-state index contributed by atoms with van der Waals surface area (Å²) in [7, 11) is 0. The summed E-state index contributed by atoms with van der Waals surface area (Å²) in [4.78, 5) is 2.90. The summed E-state index contributed by atoms with van der Waals surface area (Å²) in [5.74, 6) is -1.77. The number of benzene rings is 2.